The third-order valence-corrected chi connectivity index (χ3v) is 4.00. The summed E-state index contributed by atoms with van der Waals surface area (Å²) in [5.74, 6) is -0.345. The topological polar surface area (TPSA) is 154 Å². The van der Waals surface area contributed by atoms with Gasteiger partial charge in [-0.05, 0) is 6.92 Å². The van der Waals surface area contributed by atoms with E-state index < -0.39 is 30.5 Å². The second kappa shape index (κ2) is 12.5. The zero-order valence-electron chi connectivity index (χ0n) is 12.4. The van der Waals surface area contributed by atoms with Crippen molar-refractivity contribution in [2.24, 2.45) is 0 Å². The number of carbonyl (C=O) groups excluding carboxylic acids is 1. The van der Waals surface area contributed by atoms with Gasteiger partial charge in [0.2, 0.25) is 5.91 Å². The van der Waals surface area contributed by atoms with Crippen LogP contribution in [0.3, 0.4) is 0 Å². The summed E-state index contributed by atoms with van der Waals surface area (Å²) in [6, 6.07) is -0.674. The molecule has 1 rings (SSSR count). The van der Waals surface area contributed by atoms with Crippen LogP contribution in [0.1, 0.15) is 13.8 Å². The van der Waals surface area contributed by atoms with Crippen molar-refractivity contribution in [2.75, 3.05) is 6.61 Å². The zero-order chi connectivity index (χ0) is 17.9. The third-order valence-electron chi connectivity index (χ3n) is 2.98. The lowest BCUT2D eigenvalue weighted by Gasteiger charge is -2.43. The van der Waals surface area contributed by atoms with Gasteiger partial charge in [0.15, 0.2) is 37.0 Å². The van der Waals surface area contributed by atoms with E-state index in [0.717, 1.165) is 0 Å². The Balaban J connectivity index is 2.91. The van der Waals surface area contributed by atoms with Crippen LogP contribution < -0.4 is 5.32 Å². The molecule has 0 bridgehead atoms. The summed E-state index contributed by atoms with van der Waals surface area (Å²) in [5.41, 5.74) is 0. The molecule has 0 aromatic carbocycles. The molecule has 0 spiro atoms. The van der Waals surface area contributed by atoms with Gasteiger partial charge < -0.3 is 10.1 Å². The fraction of sp³-hybridized carbons (Fsp3) is 0.889. The van der Waals surface area contributed by atoms with E-state index in [4.69, 9.17) is 33.1 Å². The first-order chi connectivity index (χ1) is 11.5. The van der Waals surface area contributed by atoms with E-state index in [1.807, 2.05) is 0 Å². The maximum Gasteiger partial charge on any atom is 0.217 e. The molecular formula is C9H17NO11S3. The van der Waals surface area contributed by atoms with Gasteiger partial charge in [0.05, 0.1) is 18.8 Å². The molecule has 0 aliphatic carbocycles. The Bertz CT molecular complexity index is 368. The van der Waals surface area contributed by atoms with Gasteiger partial charge in [0.1, 0.15) is 18.3 Å². The summed E-state index contributed by atoms with van der Waals surface area (Å²) in [6.45, 7) is 2.88. The quantitative estimate of drug-likeness (QED) is 0.167. The SMILES string of the molecule is CC(=O)NC1[C@@H](OSOO)[C@H](OSOO)C(COSOO)O[C@@H]1C. The molecule has 1 fully saturated rings. The number of rotatable bonds is 11. The third kappa shape index (κ3) is 7.16. The molecule has 142 valence electrons. The summed E-state index contributed by atoms with van der Waals surface area (Å²) >= 11 is 0.816. The van der Waals surface area contributed by atoms with Crippen LogP contribution in [0.2, 0.25) is 0 Å². The summed E-state index contributed by atoms with van der Waals surface area (Å²) < 4.78 is 32.6. The number of hydrogen-bond donors (Lipinski definition) is 4. The normalized spacial score (nSPS) is 30.3. The van der Waals surface area contributed by atoms with Gasteiger partial charge >= 0.3 is 0 Å². The highest BCUT2D eigenvalue weighted by Gasteiger charge is 2.47. The van der Waals surface area contributed by atoms with Crippen molar-refractivity contribution in [3.63, 3.8) is 0 Å². The van der Waals surface area contributed by atoms with Crippen molar-refractivity contribution in [3.8, 4) is 0 Å². The molecule has 0 radical (unpaired) electrons. The summed E-state index contributed by atoms with van der Waals surface area (Å²) in [7, 11) is 0. The molecule has 2 unspecified atom stereocenters. The number of carbonyl (C=O) groups is 1. The molecule has 1 aliphatic rings. The zero-order valence-corrected chi connectivity index (χ0v) is 14.9. The van der Waals surface area contributed by atoms with Crippen LogP contribution in [-0.2, 0) is 35.1 Å². The maximum atomic E-state index is 11.4. The second-order valence-corrected chi connectivity index (χ2v) is 5.92. The average molecular weight is 411 g/mol. The lowest BCUT2D eigenvalue weighted by Crippen LogP contribution is -2.63. The molecule has 1 heterocycles. The Labute approximate surface area is 150 Å². The van der Waals surface area contributed by atoms with Crippen molar-refractivity contribution >= 4 is 42.9 Å². The summed E-state index contributed by atoms with van der Waals surface area (Å²) in [5, 5.41) is 27.8. The van der Waals surface area contributed by atoms with Crippen molar-refractivity contribution in [1.82, 2.24) is 5.32 Å². The predicted octanol–water partition coefficient (Wildman–Crippen LogP) is 1.22. The summed E-state index contributed by atoms with van der Waals surface area (Å²) in [4.78, 5) is 11.4. The first-order valence-electron chi connectivity index (χ1n) is 6.34. The van der Waals surface area contributed by atoms with Crippen LogP contribution in [0, 0.1) is 0 Å². The standard InChI is InChI=1S/C9H17NO11S3/c1-4-7(10-5(2)11)9(18-24-21-14)8(17-23-20-13)6(16-4)3-15-22-19-12/h4,6-9,12-14H,3H2,1-2H3,(H,10,11)/t4-,6?,7?,8-,9-/m1/s1. The van der Waals surface area contributed by atoms with E-state index in [9.17, 15) is 4.79 Å². The Morgan fingerprint density at radius 1 is 1.08 bits per heavy atom. The van der Waals surface area contributed by atoms with E-state index in [-0.39, 0.29) is 37.2 Å². The number of amides is 1. The van der Waals surface area contributed by atoms with Crippen LogP contribution in [0.5, 0.6) is 0 Å². The van der Waals surface area contributed by atoms with E-state index >= 15 is 0 Å². The van der Waals surface area contributed by atoms with Crippen molar-refractivity contribution in [3.05, 3.63) is 0 Å². The van der Waals surface area contributed by atoms with Gasteiger partial charge in [0, 0.05) is 6.92 Å². The number of nitrogens with one attached hydrogen (secondary N) is 1. The minimum absolute atomic E-state index is 0.108. The van der Waals surface area contributed by atoms with Crippen LogP contribution in [0.25, 0.3) is 0 Å². The second-order valence-electron chi connectivity index (χ2n) is 4.44. The first kappa shape index (κ1) is 22.2. The lowest BCUT2D eigenvalue weighted by molar-refractivity contribution is -0.185. The van der Waals surface area contributed by atoms with Crippen molar-refractivity contribution in [2.45, 2.75) is 44.3 Å². The van der Waals surface area contributed by atoms with Gasteiger partial charge in [0.25, 0.3) is 0 Å². The average Bonchev–Trinajstić information content (AvgIpc) is 2.54. The molecule has 0 aromatic heterocycles. The number of hydrogen-bond acceptors (Lipinski definition) is 14. The molecular weight excluding hydrogens is 394 g/mol. The van der Waals surface area contributed by atoms with Crippen molar-refractivity contribution in [1.29, 1.82) is 0 Å². The Morgan fingerprint density at radius 2 is 1.67 bits per heavy atom. The van der Waals surface area contributed by atoms with Gasteiger partial charge in [-0.3, -0.25) is 17.3 Å². The monoisotopic (exact) mass is 411 g/mol. The fourth-order valence-corrected chi connectivity index (χ4v) is 3.11. The van der Waals surface area contributed by atoms with Gasteiger partial charge in [-0.25, -0.2) is 15.8 Å². The van der Waals surface area contributed by atoms with E-state index in [1.54, 1.807) is 6.92 Å². The number of ether oxygens (including phenoxy) is 1. The van der Waals surface area contributed by atoms with Crippen LogP contribution in [0.4, 0.5) is 0 Å². The van der Waals surface area contributed by atoms with E-state index in [0.29, 0.717) is 12.3 Å². The first-order valence-corrected chi connectivity index (χ1v) is 8.34. The van der Waals surface area contributed by atoms with E-state index in [2.05, 4.69) is 18.3 Å². The van der Waals surface area contributed by atoms with Crippen LogP contribution >= 0.6 is 37.0 Å². The minimum Gasteiger partial charge on any atom is -0.368 e. The fourth-order valence-electron chi connectivity index (χ4n) is 2.16. The van der Waals surface area contributed by atoms with Gasteiger partial charge in [-0.15, -0.1) is 13.0 Å². The Hall–Kier alpha value is 0.120. The highest BCUT2D eigenvalue weighted by atomic mass is 32.2. The lowest BCUT2D eigenvalue weighted by atomic mass is 9.93. The molecule has 1 aliphatic heterocycles. The van der Waals surface area contributed by atoms with Gasteiger partial charge in [-0.1, -0.05) is 0 Å². The van der Waals surface area contributed by atoms with Crippen LogP contribution in [-0.4, -0.2) is 58.7 Å². The largest absolute Gasteiger partial charge is 0.368 e. The summed E-state index contributed by atoms with van der Waals surface area (Å²) in [6.07, 6.45) is -3.12. The Morgan fingerprint density at radius 3 is 2.21 bits per heavy atom. The molecule has 4 N–H and O–H groups in total. The molecule has 0 saturated carbocycles. The minimum atomic E-state index is -0.933. The van der Waals surface area contributed by atoms with E-state index in [1.165, 1.54) is 6.92 Å². The molecule has 1 amide bonds. The molecule has 5 atom stereocenters. The van der Waals surface area contributed by atoms with Crippen LogP contribution in [0.15, 0.2) is 0 Å². The smallest absolute Gasteiger partial charge is 0.217 e. The highest BCUT2D eigenvalue weighted by Crippen LogP contribution is 2.31. The Kier molecular flexibility index (Phi) is 11.5. The van der Waals surface area contributed by atoms with Crippen molar-refractivity contribution < 1.29 is 50.9 Å². The predicted molar refractivity (Wildman–Crippen MR) is 81.6 cm³/mol. The molecule has 0 aromatic rings. The molecule has 15 heteroatoms. The molecule has 1 saturated heterocycles. The molecule has 12 nitrogen and oxygen atoms in total. The molecule has 24 heavy (non-hydrogen) atoms. The highest BCUT2D eigenvalue weighted by molar-refractivity contribution is 7.90. The maximum absolute atomic E-state index is 11.4. The van der Waals surface area contributed by atoms with Gasteiger partial charge in [-0.2, -0.15) is 0 Å².